The zero-order valence-electron chi connectivity index (χ0n) is 14.3. The van der Waals surface area contributed by atoms with Gasteiger partial charge in [-0.25, -0.2) is 4.90 Å². The smallest absolute Gasteiger partial charge is 0.293 e. The Balaban J connectivity index is 1.75. The number of aliphatic hydroxyl groups excluding tert-OH is 1. The fourth-order valence-electron chi connectivity index (χ4n) is 2.80. The van der Waals surface area contributed by atoms with Crippen LogP contribution in [0.15, 0.2) is 54.6 Å². The molecule has 1 saturated heterocycles. The lowest BCUT2D eigenvalue weighted by Crippen LogP contribution is -2.38. The van der Waals surface area contributed by atoms with Crippen LogP contribution >= 0.6 is 11.8 Å². The number of carbonyl (C=O) groups is 3. The molecule has 3 rings (SSSR count). The zero-order chi connectivity index (χ0) is 19.4. The van der Waals surface area contributed by atoms with Crippen molar-refractivity contribution in [2.24, 2.45) is 0 Å². The SMILES string of the molecule is O=C(CC1SC(=O)N(c2ccc(O)cc2)C1=O)N(CCO)c1ccccc1. The summed E-state index contributed by atoms with van der Waals surface area (Å²) in [5, 5.41) is 17.3. The van der Waals surface area contributed by atoms with E-state index in [1.807, 2.05) is 6.07 Å². The predicted octanol–water partition coefficient (Wildman–Crippen LogP) is 2.38. The zero-order valence-corrected chi connectivity index (χ0v) is 15.1. The molecule has 0 saturated carbocycles. The van der Waals surface area contributed by atoms with E-state index in [1.54, 1.807) is 24.3 Å². The van der Waals surface area contributed by atoms with Crippen molar-refractivity contribution in [1.82, 2.24) is 0 Å². The molecular formula is C19H18N2O5S. The van der Waals surface area contributed by atoms with Crippen LogP contribution in [0.3, 0.4) is 0 Å². The molecule has 0 radical (unpaired) electrons. The number of benzene rings is 2. The summed E-state index contributed by atoms with van der Waals surface area (Å²) in [6.07, 6.45) is -0.154. The van der Waals surface area contributed by atoms with E-state index in [1.165, 1.54) is 29.2 Å². The quantitative estimate of drug-likeness (QED) is 0.791. The average molecular weight is 386 g/mol. The Kier molecular flexibility index (Phi) is 5.78. The molecule has 2 aromatic carbocycles. The Labute approximate surface area is 160 Å². The van der Waals surface area contributed by atoms with Crippen molar-refractivity contribution >= 4 is 40.2 Å². The highest BCUT2D eigenvalue weighted by Gasteiger charge is 2.42. The van der Waals surface area contributed by atoms with E-state index in [2.05, 4.69) is 0 Å². The lowest BCUT2D eigenvalue weighted by Gasteiger charge is -2.23. The van der Waals surface area contributed by atoms with Crippen molar-refractivity contribution in [3.05, 3.63) is 54.6 Å². The lowest BCUT2D eigenvalue weighted by atomic mass is 10.2. The Bertz CT molecular complexity index is 841. The Morgan fingerprint density at radius 2 is 1.74 bits per heavy atom. The van der Waals surface area contributed by atoms with Crippen LogP contribution < -0.4 is 9.80 Å². The lowest BCUT2D eigenvalue weighted by molar-refractivity contribution is -0.122. The van der Waals surface area contributed by atoms with E-state index in [0.717, 1.165) is 16.7 Å². The van der Waals surface area contributed by atoms with Crippen LogP contribution in [0, 0.1) is 0 Å². The molecule has 1 unspecified atom stereocenters. The van der Waals surface area contributed by atoms with Gasteiger partial charge in [0.05, 0.1) is 12.3 Å². The molecule has 0 bridgehead atoms. The van der Waals surface area contributed by atoms with Gasteiger partial charge in [0, 0.05) is 18.7 Å². The maximum Gasteiger partial charge on any atom is 0.293 e. The summed E-state index contributed by atoms with van der Waals surface area (Å²) in [5.41, 5.74) is 0.967. The molecule has 3 amide bonds. The molecule has 1 heterocycles. The number of anilines is 2. The van der Waals surface area contributed by atoms with Crippen LogP contribution in [-0.4, -0.2) is 45.7 Å². The number of carbonyl (C=O) groups excluding carboxylic acids is 3. The molecular weight excluding hydrogens is 368 g/mol. The third-order valence-electron chi connectivity index (χ3n) is 4.08. The molecule has 1 atom stereocenters. The number of phenols is 1. The number of thioether (sulfide) groups is 1. The molecule has 1 aliphatic rings. The normalized spacial score (nSPS) is 16.6. The standard InChI is InChI=1S/C19H18N2O5S/c22-11-10-20(13-4-2-1-3-5-13)17(24)12-16-18(25)21(19(26)27-16)14-6-8-15(23)9-7-14/h1-9,16,22-23H,10-12H2. The third-order valence-corrected chi connectivity index (χ3v) is 5.12. The summed E-state index contributed by atoms with van der Waals surface area (Å²) < 4.78 is 0. The van der Waals surface area contributed by atoms with Crippen LogP contribution in [0.1, 0.15) is 6.42 Å². The van der Waals surface area contributed by atoms with Gasteiger partial charge in [0.2, 0.25) is 11.8 Å². The van der Waals surface area contributed by atoms with Gasteiger partial charge < -0.3 is 15.1 Å². The first-order valence-electron chi connectivity index (χ1n) is 8.31. The first kappa shape index (κ1) is 18.9. The molecule has 1 fully saturated rings. The molecule has 8 heteroatoms. The Morgan fingerprint density at radius 1 is 1.07 bits per heavy atom. The van der Waals surface area contributed by atoms with Gasteiger partial charge in [0.15, 0.2) is 0 Å². The van der Waals surface area contributed by atoms with Crippen LogP contribution in [0.25, 0.3) is 0 Å². The van der Waals surface area contributed by atoms with Gasteiger partial charge >= 0.3 is 0 Å². The summed E-state index contributed by atoms with van der Waals surface area (Å²) in [7, 11) is 0. The van der Waals surface area contributed by atoms with Gasteiger partial charge in [-0.1, -0.05) is 18.2 Å². The second-order valence-electron chi connectivity index (χ2n) is 5.87. The van der Waals surface area contributed by atoms with E-state index in [4.69, 9.17) is 0 Å². The van der Waals surface area contributed by atoms with Gasteiger partial charge in [-0.05, 0) is 48.2 Å². The van der Waals surface area contributed by atoms with Crippen LogP contribution in [0.4, 0.5) is 16.2 Å². The van der Waals surface area contributed by atoms with Gasteiger partial charge in [-0.15, -0.1) is 0 Å². The number of aliphatic hydroxyl groups is 1. The van der Waals surface area contributed by atoms with Gasteiger partial charge in [-0.3, -0.25) is 14.4 Å². The van der Waals surface area contributed by atoms with E-state index in [0.29, 0.717) is 11.4 Å². The topological polar surface area (TPSA) is 98.2 Å². The highest BCUT2D eigenvalue weighted by atomic mass is 32.2. The van der Waals surface area contributed by atoms with E-state index in [-0.39, 0.29) is 31.2 Å². The molecule has 0 aromatic heterocycles. The monoisotopic (exact) mass is 386 g/mol. The van der Waals surface area contributed by atoms with Crippen molar-refractivity contribution in [3.8, 4) is 5.75 Å². The fourth-order valence-corrected chi connectivity index (χ4v) is 3.77. The number of amides is 3. The second-order valence-corrected chi connectivity index (χ2v) is 7.03. The van der Waals surface area contributed by atoms with Crippen molar-refractivity contribution in [1.29, 1.82) is 0 Å². The van der Waals surface area contributed by atoms with Gasteiger partial charge in [0.25, 0.3) is 5.24 Å². The third kappa shape index (κ3) is 4.12. The largest absolute Gasteiger partial charge is 0.508 e. The van der Waals surface area contributed by atoms with Crippen LogP contribution in [0.2, 0.25) is 0 Å². The number of aromatic hydroxyl groups is 1. The van der Waals surface area contributed by atoms with Gasteiger partial charge in [-0.2, -0.15) is 0 Å². The molecule has 0 spiro atoms. The summed E-state index contributed by atoms with van der Waals surface area (Å²) in [6, 6.07) is 14.6. The van der Waals surface area contributed by atoms with Crippen molar-refractivity contribution < 1.29 is 24.6 Å². The van der Waals surface area contributed by atoms with E-state index < -0.39 is 16.4 Å². The summed E-state index contributed by atoms with van der Waals surface area (Å²) in [5.74, 6) is -0.790. The highest BCUT2D eigenvalue weighted by molar-refractivity contribution is 8.15. The summed E-state index contributed by atoms with van der Waals surface area (Å²) >= 11 is 0.805. The Hall–Kier alpha value is -2.84. The number of para-hydroxylation sites is 1. The average Bonchev–Trinajstić information content (AvgIpc) is 2.94. The minimum atomic E-state index is -0.830. The minimum absolute atomic E-state index is 0.0275. The van der Waals surface area contributed by atoms with Crippen molar-refractivity contribution in [2.45, 2.75) is 11.7 Å². The van der Waals surface area contributed by atoms with Gasteiger partial charge in [0.1, 0.15) is 11.0 Å². The van der Waals surface area contributed by atoms with E-state index in [9.17, 15) is 24.6 Å². The molecule has 27 heavy (non-hydrogen) atoms. The van der Waals surface area contributed by atoms with Crippen molar-refractivity contribution in [3.63, 3.8) is 0 Å². The fraction of sp³-hybridized carbons (Fsp3) is 0.211. The molecule has 1 aliphatic heterocycles. The maximum absolute atomic E-state index is 12.7. The first-order chi connectivity index (χ1) is 13.0. The van der Waals surface area contributed by atoms with Crippen LogP contribution in [0.5, 0.6) is 5.75 Å². The summed E-state index contributed by atoms with van der Waals surface area (Å²) in [6.45, 7) is -0.116. The van der Waals surface area contributed by atoms with E-state index >= 15 is 0 Å². The summed E-state index contributed by atoms with van der Waals surface area (Å²) in [4.78, 5) is 40.1. The number of phenolic OH excluding ortho intramolecular Hbond substituents is 1. The molecule has 2 N–H and O–H groups in total. The number of nitrogens with zero attached hydrogens (tertiary/aromatic N) is 2. The second kappa shape index (κ2) is 8.24. The number of hydrogen-bond donors (Lipinski definition) is 2. The van der Waals surface area contributed by atoms with Crippen LogP contribution in [-0.2, 0) is 9.59 Å². The maximum atomic E-state index is 12.7. The predicted molar refractivity (Wildman–Crippen MR) is 103 cm³/mol. The number of rotatable bonds is 6. The molecule has 0 aliphatic carbocycles. The highest BCUT2D eigenvalue weighted by Crippen LogP contribution is 2.34. The number of hydrogen-bond acceptors (Lipinski definition) is 6. The molecule has 2 aromatic rings. The first-order valence-corrected chi connectivity index (χ1v) is 9.19. The minimum Gasteiger partial charge on any atom is -0.508 e. The number of imide groups is 1. The van der Waals surface area contributed by atoms with Crippen molar-refractivity contribution in [2.75, 3.05) is 23.0 Å². The molecule has 140 valence electrons. The Morgan fingerprint density at radius 3 is 2.37 bits per heavy atom. The molecule has 7 nitrogen and oxygen atoms in total.